The van der Waals surface area contributed by atoms with Gasteiger partial charge in [-0.15, -0.1) is 0 Å². The van der Waals surface area contributed by atoms with Crippen LogP contribution >= 0.6 is 11.6 Å². The third kappa shape index (κ3) is 5.19. The summed E-state index contributed by atoms with van der Waals surface area (Å²) in [6.45, 7) is 0.643. The predicted molar refractivity (Wildman–Crippen MR) is 109 cm³/mol. The largest absolute Gasteiger partial charge is 0.325 e. The minimum atomic E-state index is -3.50. The number of carbonyl (C=O) groups excluding carboxylic acids is 1. The molecule has 0 unspecified atom stereocenters. The van der Waals surface area contributed by atoms with Gasteiger partial charge in [0.2, 0.25) is 15.9 Å². The highest BCUT2D eigenvalue weighted by Crippen LogP contribution is 2.25. The van der Waals surface area contributed by atoms with Gasteiger partial charge in [-0.25, -0.2) is 8.42 Å². The van der Waals surface area contributed by atoms with E-state index in [2.05, 4.69) is 5.32 Å². The van der Waals surface area contributed by atoms with Crippen LogP contribution in [0, 0.1) is 5.92 Å². The maximum atomic E-state index is 12.5. The van der Waals surface area contributed by atoms with E-state index in [1.807, 2.05) is 30.3 Å². The van der Waals surface area contributed by atoms with Gasteiger partial charge in [0.15, 0.2) is 0 Å². The summed E-state index contributed by atoms with van der Waals surface area (Å²) in [7, 11) is -3.50. The van der Waals surface area contributed by atoms with E-state index in [4.69, 9.17) is 11.6 Å². The first-order valence-electron chi connectivity index (χ1n) is 8.74. The van der Waals surface area contributed by atoms with E-state index in [1.54, 1.807) is 30.3 Å². The van der Waals surface area contributed by atoms with Gasteiger partial charge in [-0.2, -0.15) is 4.31 Å². The molecule has 27 heavy (non-hydrogen) atoms. The molecule has 0 spiro atoms. The molecule has 5 nitrogen and oxygen atoms in total. The Morgan fingerprint density at radius 1 is 1.04 bits per heavy atom. The average molecular weight is 405 g/mol. The van der Waals surface area contributed by atoms with E-state index in [0.717, 1.165) is 5.56 Å². The summed E-state index contributed by atoms with van der Waals surface area (Å²) < 4.78 is 26.4. The Morgan fingerprint density at radius 2 is 1.67 bits per heavy atom. The molecule has 0 aliphatic carbocycles. The molecule has 1 amide bonds. The van der Waals surface area contributed by atoms with Crippen molar-refractivity contribution in [3.63, 3.8) is 0 Å². The van der Waals surface area contributed by atoms with E-state index in [1.165, 1.54) is 9.71 Å². The smallest absolute Gasteiger partial charge is 0.236 e. The highest BCUT2D eigenvalue weighted by atomic mass is 35.5. The molecule has 2 aromatic carbocycles. The predicted octanol–water partition coefficient (Wildman–Crippen LogP) is 3.99. The fourth-order valence-electron chi connectivity index (χ4n) is 2.98. The van der Waals surface area contributed by atoms with Crippen molar-refractivity contribution in [1.29, 1.82) is 0 Å². The van der Waals surface area contributed by atoms with Crippen molar-refractivity contribution in [1.82, 2.24) is 4.31 Å². The Balaban J connectivity index is 1.57. The molecule has 0 bridgehead atoms. The summed E-state index contributed by atoms with van der Waals surface area (Å²) >= 11 is 6.07. The van der Waals surface area contributed by atoms with E-state index >= 15 is 0 Å². The van der Waals surface area contributed by atoms with Crippen LogP contribution in [0.3, 0.4) is 0 Å². The topological polar surface area (TPSA) is 66.5 Å². The number of sulfonamides is 1. The Labute approximate surface area is 164 Å². The van der Waals surface area contributed by atoms with Crippen LogP contribution in [0.4, 0.5) is 5.69 Å². The molecular formula is C20H21ClN2O3S. The molecule has 1 N–H and O–H groups in total. The number of para-hydroxylation sites is 1. The number of nitrogens with one attached hydrogen (secondary N) is 1. The lowest BCUT2D eigenvalue weighted by atomic mass is 9.97. The number of halogens is 1. The molecule has 1 fully saturated rings. The van der Waals surface area contributed by atoms with Crippen LogP contribution < -0.4 is 5.32 Å². The zero-order valence-corrected chi connectivity index (χ0v) is 16.3. The van der Waals surface area contributed by atoms with Crippen molar-refractivity contribution in [2.45, 2.75) is 12.8 Å². The van der Waals surface area contributed by atoms with Crippen LogP contribution in [-0.2, 0) is 14.8 Å². The fraction of sp³-hybridized carbons (Fsp3) is 0.250. The molecule has 7 heteroatoms. The summed E-state index contributed by atoms with van der Waals surface area (Å²) in [5, 5.41) is 4.54. The molecule has 0 radical (unpaired) electrons. The van der Waals surface area contributed by atoms with Crippen LogP contribution in [0.25, 0.3) is 6.08 Å². The van der Waals surface area contributed by atoms with Gasteiger partial charge in [-0.3, -0.25) is 4.79 Å². The lowest BCUT2D eigenvalue weighted by Crippen LogP contribution is -2.40. The van der Waals surface area contributed by atoms with Crippen molar-refractivity contribution < 1.29 is 13.2 Å². The number of carbonyl (C=O) groups is 1. The molecule has 1 aliphatic heterocycles. The highest BCUT2D eigenvalue weighted by molar-refractivity contribution is 7.92. The molecule has 3 rings (SSSR count). The van der Waals surface area contributed by atoms with Gasteiger partial charge in [0.25, 0.3) is 0 Å². The summed E-state index contributed by atoms with van der Waals surface area (Å²) in [6, 6.07) is 16.3. The average Bonchev–Trinajstić information content (AvgIpc) is 2.69. The molecule has 1 heterocycles. The third-order valence-electron chi connectivity index (χ3n) is 4.55. The lowest BCUT2D eigenvalue weighted by Gasteiger charge is -2.29. The summed E-state index contributed by atoms with van der Waals surface area (Å²) in [5.74, 6) is -0.356. The number of amides is 1. The molecule has 1 aliphatic rings. The minimum Gasteiger partial charge on any atom is -0.325 e. The second-order valence-electron chi connectivity index (χ2n) is 6.40. The highest BCUT2D eigenvalue weighted by Gasteiger charge is 2.30. The van der Waals surface area contributed by atoms with E-state index in [-0.39, 0.29) is 11.8 Å². The number of hydrogen-bond donors (Lipinski definition) is 1. The van der Waals surface area contributed by atoms with Crippen molar-refractivity contribution in [2.24, 2.45) is 5.92 Å². The summed E-state index contributed by atoms with van der Waals surface area (Å²) in [4.78, 5) is 12.4. The van der Waals surface area contributed by atoms with E-state index in [9.17, 15) is 13.2 Å². The van der Waals surface area contributed by atoms with Gasteiger partial charge >= 0.3 is 0 Å². The van der Waals surface area contributed by atoms with Crippen molar-refractivity contribution >= 4 is 39.3 Å². The van der Waals surface area contributed by atoms with Crippen LogP contribution in [0.2, 0.25) is 5.02 Å². The fourth-order valence-corrected chi connectivity index (χ4v) is 4.39. The van der Waals surface area contributed by atoms with Gasteiger partial charge in [-0.1, -0.05) is 54.1 Å². The minimum absolute atomic E-state index is 0.125. The maximum Gasteiger partial charge on any atom is 0.236 e. The van der Waals surface area contributed by atoms with Crippen molar-refractivity contribution in [3.05, 3.63) is 70.6 Å². The maximum absolute atomic E-state index is 12.5. The van der Waals surface area contributed by atoms with Crippen molar-refractivity contribution in [2.75, 3.05) is 18.4 Å². The first-order chi connectivity index (χ1) is 13.0. The van der Waals surface area contributed by atoms with E-state index < -0.39 is 10.0 Å². The summed E-state index contributed by atoms with van der Waals surface area (Å²) in [6.07, 6.45) is 2.55. The van der Waals surface area contributed by atoms with Gasteiger partial charge in [0.05, 0.1) is 10.7 Å². The first kappa shape index (κ1) is 19.6. The number of anilines is 1. The van der Waals surface area contributed by atoms with Crippen LogP contribution in [0.15, 0.2) is 60.0 Å². The Kier molecular flexibility index (Phi) is 6.31. The number of rotatable bonds is 5. The Morgan fingerprint density at radius 3 is 2.33 bits per heavy atom. The zero-order valence-electron chi connectivity index (χ0n) is 14.7. The first-order valence-corrected chi connectivity index (χ1v) is 10.6. The monoisotopic (exact) mass is 404 g/mol. The zero-order chi connectivity index (χ0) is 19.3. The Hall–Kier alpha value is -2.15. The third-order valence-corrected chi connectivity index (χ3v) is 6.44. The van der Waals surface area contributed by atoms with Crippen molar-refractivity contribution in [3.8, 4) is 0 Å². The number of benzene rings is 2. The molecule has 0 aromatic heterocycles. The van der Waals surface area contributed by atoms with Crippen LogP contribution in [0.5, 0.6) is 0 Å². The van der Waals surface area contributed by atoms with Gasteiger partial charge in [0, 0.05) is 24.4 Å². The van der Waals surface area contributed by atoms with Gasteiger partial charge < -0.3 is 5.32 Å². The second kappa shape index (κ2) is 8.69. The standard InChI is InChI=1S/C20H21ClN2O3S/c21-18-8-4-5-9-19(18)22-20(24)17-10-13-23(14-11-17)27(25,26)15-12-16-6-2-1-3-7-16/h1-9,12,15,17H,10-11,13-14H2,(H,22,24)/b15-12+. The van der Waals surface area contributed by atoms with E-state index in [0.29, 0.717) is 36.6 Å². The van der Waals surface area contributed by atoms with Crippen LogP contribution in [0.1, 0.15) is 18.4 Å². The SMILES string of the molecule is O=C(Nc1ccccc1Cl)C1CCN(S(=O)(=O)/C=C/c2ccccc2)CC1. The Bertz CT molecular complexity index is 921. The molecule has 142 valence electrons. The molecule has 0 atom stereocenters. The van der Waals surface area contributed by atoms with Crippen LogP contribution in [-0.4, -0.2) is 31.7 Å². The molecule has 2 aromatic rings. The van der Waals surface area contributed by atoms with Gasteiger partial charge in [-0.05, 0) is 36.6 Å². The summed E-state index contributed by atoms with van der Waals surface area (Å²) in [5.41, 5.74) is 1.40. The lowest BCUT2D eigenvalue weighted by molar-refractivity contribution is -0.120. The quantitative estimate of drug-likeness (QED) is 0.819. The molecule has 0 saturated carbocycles. The number of nitrogens with zero attached hydrogens (tertiary/aromatic N) is 1. The molecule has 1 saturated heterocycles. The molecular weight excluding hydrogens is 384 g/mol. The second-order valence-corrected chi connectivity index (χ2v) is 8.63. The normalized spacial score (nSPS) is 16.5. The number of piperidine rings is 1. The number of hydrogen-bond acceptors (Lipinski definition) is 3. The van der Waals surface area contributed by atoms with Gasteiger partial charge in [0.1, 0.15) is 0 Å².